The van der Waals surface area contributed by atoms with Crippen molar-refractivity contribution in [2.75, 3.05) is 45.8 Å². The Morgan fingerprint density at radius 2 is 1.81 bits per heavy atom. The lowest BCUT2D eigenvalue weighted by atomic mass is 9.88. The first-order valence-corrected chi connectivity index (χ1v) is 8.62. The van der Waals surface area contributed by atoms with Crippen LogP contribution in [-0.4, -0.2) is 72.4 Å². The summed E-state index contributed by atoms with van der Waals surface area (Å²) in [6.45, 7) is 9.07. The highest BCUT2D eigenvalue weighted by Gasteiger charge is 2.34. The van der Waals surface area contributed by atoms with E-state index in [1.165, 1.54) is 19.3 Å². The van der Waals surface area contributed by atoms with Crippen molar-refractivity contribution in [3.8, 4) is 0 Å². The van der Waals surface area contributed by atoms with Crippen LogP contribution in [0.1, 0.15) is 39.0 Å². The summed E-state index contributed by atoms with van der Waals surface area (Å²) in [5, 5.41) is 0. The Kier molecular flexibility index (Phi) is 4.78. The molecule has 0 radical (unpaired) electrons. The highest BCUT2D eigenvalue weighted by molar-refractivity contribution is 5.99. The van der Waals surface area contributed by atoms with E-state index in [0.717, 1.165) is 64.6 Å². The van der Waals surface area contributed by atoms with E-state index in [9.17, 15) is 4.79 Å². The van der Waals surface area contributed by atoms with Gasteiger partial charge in [-0.25, -0.2) is 0 Å². The van der Waals surface area contributed by atoms with Crippen LogP contribution in [0.5, 0.6) is 0 Å². The molecule has 1 amide bonds. The Morgan fingerprint density at radius 1 is 1.10 bits per heavy atom. The van der Waals surface area contributed by atoms with Crippen molar-refractivity contribution >= 4 is 11.9 Å². The van der Waals surface area contributed by atoms with Crippen molar-refractivity contribution in [1.82, 2.24) is 14.7 Å². The average molecular weight is 292 g/mol. The van der Waals surface area contributed by atoms with Crippen LogP contribution in [-0.2, 0) is 4.79 Å². The number of aliphatic imine (C=N–C) groups is 1. The van der Waals surface area contributed by atoms with Crippen LogP contribution in [0.4, 0.5) is 0 Å². The van der Waals surface area contributed by atoms with Gasteiger partial charge in [0.15, 0.2) is 0 Å². The molecule has 5 heteroatoms. The van der Waals surface area contributed by atoms with Gasteiger partial charge in [0.1, 0.15) is 0 Å². The number of carbonyl (C=O) groups excluding carboxylic acids is 1. The quantitative estimate of drug-likeness (QED) is 0.772. The maximum Gasteiger partial charge on any atom is 0.232 e. The Hall–Kier alpha value is -1.10. The summed E-state index contributed by atoms with van der Waals surface area (Å²) in [5.74, 6) is 1.55. The third kappa shape index (κ3) is 3.23. The largest absolute Gasteiger partial charge is 0.340 e. The minimum absolute atomic E-state index is 0.249. The lowest BCUT2D eigenvalue weighted by Gasteiger charge is -2.38. The van der Waals surface area contributed by atoms with Crippen molar-refractivity contribution in [2.45, 2.75) is 39.0 Å². The number of guanidine groups is 1. The average Bonchev–Trinajstić information content (AvgIpc) is 3.04. The van der Waals surface area contributed by atoms with Crippen LogP contribution < -0.4 is 0 Å². The standard InChI is InChI=1S/C16H28N4O/c1-2-18-10-12-19(13-11-18)16-17-8-9-20(16)15(21)14-6-4-3-5-7-14/h14H,2-13H2,1H3. The van der Waals surface area contributed by atoms with E-state index < -0.39 is 0 Å². The first kappa shape index (κ1) is 14.8. The zero-order valence-corrected chi connectivity index (χ0v) is 13.3. The van der Waals surface area contributed by atoms with Gasteiger partial charge in [0, 0.05) is 38.6 Å². The van der Waals surface area contributed by atoms with Gasteiger partial charge in [-0.3, -0.25) is 14.7 Å². The van der Waals surface area contributed by atoms with Gasteiger partial charge in [-0.2, -0.15) is 0 Å². The summed E-state index contributed by atoms with van der Waals surface area (Å²) < 4.78 is 0. The molecule has 1 aliphatic carbocycles. The van der Waals surface area contributed by atoms with Crippen molar-refractivity contribution in [1.29, 1.82) is 0 Å². The number of piperazine rings is 1. The molecule has 0 aromatic heterocycles. The fourth-order valence-electron chi connectivity index (χ4n) is 3.75. The van der Waals surface area contributed by atoms with Crippen molar-refractivity contribution in [3.63, 3.8) is 0 Å². The van der Waals surface area contributed by atoms with E-state index in [1.807, 2.05) is 4.90 Å². The first-order valence-electron chi connectivity index (χ1n) is 8.62. The van der Waals surface area contributed by atoms with E-state index in [-0.39, 0.29) is 5.92 Å². The zero-order valence-electron chi connectivity index (χ0n) is 13.3. The number of rotatable bonds is 2. The molecular formula is C16H28N4O. The molecule has 0 aromatic rings. The molecule has 0 atom stereocenters. The van der Waals surface area contributed by atoms with Gasteiger partial charge in [0.2, 0.25) is 11.9 Å². The molecule has 5 nitrogen and oxygen atoms in total. The number of likely N-dealkylation sites (N-methyl/N-ethyl adjacent to an activating group) is 1. The fourth-order valence-corrected chi connectivity index (χ4v) is 3.75. The second-order valence-electron chi connectivity index (χ2n) is 6.43. The Labute approximate surface area is 128 Å². The lowest BCUT2D eigenvalue weighted by molar-refractivity contribution is -0.132. The van der Waals surface area contributed by atoms with E-state index in [2.05, 4.69) is 21.7 Å². The molecule has 3 rings (SSSR count). The Morgan fingerprint density at radius 3 is 2.48 bits per heavy atom. The maximum absolute atomic E-state index is 12.8. The third-order valence-corrected chi connectivity index (χ3v) is 5.14. The number of carbonyl (C=O) groups is 1. The number of amides is 1. The van der Waals surface area contributed by atoms with Gasteiger partial charge in [-0.1, -0.05) is 26.2 Å². The topological polar surface area (TPSA) is 39.1 Å². The van der Waals surface area contributed by atoms with Gasteiger partial charge in [-0.15, -0.1) is 0 Å². The Bertz CT molecular complexity index is 395. The summed E-state index contributed by atoms with van der Waals surface area (Å²) in [7, 11) is 0. The van der Waals surface area contributed by atoms with Gasteiger partial charge < -0.3 is 9.80 Å². The molecule has 0 aromatic carbocycles. The number of hydrogen-bond acceptors (Lipinski definition) is 4. The van der Waals surface area contributed by atoms with Crippen LogP contribution >= 0.6 is 0 Å². The number of hydrogen-bond donors (Lipinski definition) is 0. The molecule has 0 spiro atoms. The van der Waals surface area contributed by atoms with Crippen LogP contribution in [0.2, 0.25) is 0 Å². The predicted octanol–water partition coefficient (Wildman–Crippen LogP) is 1.40. The summed E-state index contributed by atoms with van der Waals surface area (Å²) in [6.07, 6.45) is 5.87. The molecule has 118 valence electrons. The van der Waals surface area contributed by atoms with Crippen LogP contribution in [0.15, 0.2) is 4.99 Å². The summed E-state index contributed by atoms with van der Waals surface area (Å²) in [6, 6.07) is 0. The second-order valence-corrected chi connectivity index (χ2v) is 6.43. The highest BCUT2D eigenvalue weighted by atomic mass is 16.2. The smallest absolute Gasteiger partial charge is 0.232 e. The minimum Gasteiger partial charge on any atom is -0.340 e. The molecule has 1 saturated heterocycles. The second kappa shape index (κ2) is 6.77. The lowest BCUT2D eigenvalue weighted by Crippen LogP contribution is -2.54. The molecule has 21 heavy (non-hydrogen) atoms. The van der Waals surface area contributed by atoms with Gasteiger partial charge in [0.25, 0.3) is 0 Å². The third-order valence-electron chi connectivity index (χ3n) is 5.14. The van der Waals surface area contributed by atoms with Crippen molar-refractivity contribution in [3.05, 3.63) is 0 Å². The molecule has 0 N–H and O–H groups in total. The van der Waals surface area contributed by atoms with E-state index in [4.69, 9.17) is 0 Å². The summed E-state index contributed by atoms with van der Waals surface area (Å²) in [4.78, 5) is 24.2. The monoisotopic (exact) mass is 292 g/mol. The molecule has 2 fully saturated rings. The van der Waals surface area contributed by atoms with Crippen LogP contribution in [0, 0.1) is 5.92 Å². The van der Waals surface area contributed by atoms with Crippen molar-refractivity contribution < 1.29 is 4.79 Å². The van der Waals surface area contributed by atoms with Crippen LogP contribution in [0.3, 0.4) is 0 Å². The normalized spacial score (nSPS) is 25.3. The molecule has 0 unspecified atom stereocenters. The first-order chi connectivity index (χ1) is 10.3. The molecule has 1 saturated carbocycles. The molecule has 0 bridgehead atoms. The Balaban J connectivity index is 1.61. The maximum atomic E-state index is 12.8. The molecular weight excluding hydrogens is 264 g/mol. The summed E-state index contributed by atoms with van der Waals surface area (Å²) >= 11 is 0. The number of nitrogens with zero attached hydrogens (tertiary/aromatic N) is 4. The van der Waals surface area contributed by atoms with E-state index in [0.29, 0.717) is 5.91 Å². The van der Waals surface area contributed by atoms with E-state index >= 15 is 0 Å². The van der Waals surface area contributed by atoms with Gasteiger partial charge in [0.05, 0.1) is 6.54 Å². The van der Waals surface area contributed by atoms with Gasteiger partial charge >= 0.3 is 0 Å². The van der Waals surface area contributed by atoms with Crippen LogP contribution in [0.25, 0.3) is 0 Å². The summed E-state index contributed by atoms with van der Waals surface area (Å²) in [5.41, 5.74) is 0. The highest BCUT2D eigenvalue weighted by Crippen LogP contribution is 2.26. The SMILES string of the molecule is CCN1CCN(C2=NCCN2C(=O)C2CCCCC2)CC1. The zero-order chi connectivity index (χ0) is 14.7. The van der Waals surface area contributed by atoms with Crippen molar-refractivity contribution in [2.24, 2.45) is 10.9 Å². The fraction of sp³-hybridized carbons (Fsp3) is 0.875. The molecule has 2 aliphatic heterocycles. The minimum atomic E-state index is 0.249. The molecule has 2 heterocycles. The predicted molar refractivity (Wildman–Crippen MR) is 84.3 cm³/mol. The van der Waals surface area contributed by atoms with E-state index in [1.54, 1.807) is 0 Å². The molecule has 3 aliphatic rings. The van der Waals surface area contributed by atoms with Gasteiger partial charge in [-0.05, 0) is 19.4 Å².